The Kier molecular flexibility index (Phi) is 7.25. The fourth-order valence-electron chi connectivity index (χ4n) is 2.06. The van der Waals surface area contributed by atoms with Gasteiger partial charge in [-0.05, 0) is 45.4 Å². The van der Waals surface area contributed by atoms with Gasteiger partial charge in [-0.25, -0.2) is 4.98 Å². The molecule has 6 nitrogen and oxygen atoms in total. The number of rotatable bonds is 7. The summed E-state index contributed by atoms with van der Waals surface area (Å²) in [5, 5.41) is 3.36. The molecule has 0 aliphatic heterocycles. The molecule has 0 aliphatic carbocycles. The normalized spacial score (nSPS) is 12.2. The SMILES string of the molecule is Cc1c(Cl)cccc1NC(=O)C(C)Sc1nc(COC(C)C)cc(=O)[nH]1. The minimum atomic E-state index is -0.460. The fourth-order valence-corrected chi connectivity index (χ4v) is 3.07. The summed E-state index contributed by atoms with van der Waals surface area (Å²) in [6.45, 7) is 7.65. The molecule has 1 heterocycles. The number of amides is 1. The summed E-state index contributed by atoms with van der Waals surface area (Å²) < 4.78 is 5.48. The highest BCUT2D eigenvalue weighted by molar-refractivity contribution is 8.00. The summed E-state index contributed by atoms with van der Waals surface area (Å²) in [6, 6.07) is 6.73. The van der Waals surface area contributed by atoms with Crippen LogP contribution in [0.3, 0.4) is 0 Å². The number of anilines is 1. The monoisotopic (exact) mass is 395 g/mol. The van der Waals surface area contributed by atoms with E-state index in [0.29, 0.717) is 21.6 Å². The van der Waals surface area contributed by atoms with Gasteiger partial charge in [0.15, 0.2) is 5.16 Å². The van der Waals surface area contributed by atoms with E-state index in [2.05, 4.69) is 15.3 Å². The number of halogens is 1. The molecule has 1 atom stereocenters. The predicted octanol–water partition coefficient (Wildman–Crippen LogP) is 3.78. The van der Waals surface area contributed by atoms with Crippen LogP contribution >= 0.6 is 23.4 Å². The largest absolute Gasteiger partial charge is 0.373 e. The lowest BCUT2D eigenvalue weighted by molar-refractivity contribution is -0.115. The smallest absolute Gasteiger partial charge is 0.251 e. The Balaban J connectivity index is 2.06. The van der Waals surface area contributed by atoms with Crippen molar-refractivity contribution >= 4 is 35.0 Å². The first-order valence-electron chi connectivity index (χ1n) is 8.20. The molecule has 2 N–H and O–H groups in total. The molecule has 140 valence electrons. The number of carbonyl (C=O) groups is 1. The lowest BCUT2D eigenvalue weighted by Crippen LogP contribution is -2.24. The zero-order valence-electron chi connectivity index (χ0n) is 15.1. The highest BCUT2D eigenvalue weighted by atomic mass is 35.5. The van der Waals surface area contributed by atoms with Crippen LogP contribution in [0.15, 0.2) is 34.2 Å². The predicted molar refractivity (Wildman–Crippen MR) is 105 cm³/mol. The first-order valence-corrected chi connectivity index (χ1v) is 9.46. The number of aromatic nitrogens is 2. The number of carbonyl (C=O) groups excluding carboxylic acids is 1. The summed E-state index contributed by atoms with van der Waals surface area (Å²) >= 11 is 7.25. The fraction of sp³-hybridized carbons (Fsp3) is 0.389. The van der Waals surface area contributed by atoms with E-state index in [1.807, 2.05) is 20.8 Å². The number of nitrogens with one attached hydrogen (secondary N) is 2. The highest BCUT2D eigenvalue weighted by Crippen LogP contribution is 2.25. The second kappa shape index (κ2) is 9.21. The molecule has 26 heavy (non-hydrogen) atoms. The number of benzene rings is 1. The van der Waals surface area contributed by atoms with Crippen molar-refractivity contribution in [2.24, 2.45) is 0 Å². The van der Waals surface area contributed by atoms with Gasteiger partial charge in [-0.3, -0.25) is 9.59 Å². The lowest BCUT2D eigenvalue weighted by Gasteiger charge is -2.14. The minimum absolute atomic E-state index is 0.0397. The number of aromatic amines is 1. The summed E-state index contributed by atoms with van der Waals surface area (Å²) in [7, 11) is 0. The molecule has 0 saturated carbocycles. The van der Waals surface area contributed by atoms with E-state index in [1.165, 1.54) is 17.8 Å². The molecule has 0 aliphatic rings. The molecule has 2 aromatic rings. The van der Waals surface area contributed by atoms with E-state index in [4.69, 9.17) is 16.3 Å². The average Bonchev–Trinajstić information content (AvgIpc) is 2.56. The van der Waals surface area contributed by atoms with Crippen LogP contribution in [0.25, 0.3) is 0 Å². The van der Waals surface area contributed by atoms with Crippen molar-refractivity contribution in [1.29, 1.82) is 0 Å². The van der Waals surface area contributed by atoms with Gasteiger partial charge in [0.2, 0.25) is 5.91 Å². The van der Waals surface area contributed by atoms with Gasteiger partial charge in [-0.15, -0.1) is 0 Å². The van der Waals surface area contributed by atoms with Crippen molar-refractivity contribution in [3.63, 3.8) is 0 Å². The van der Waals surface area contributed by atoms with E-state index in [9.17, 15) is 9.59 Å². The molecule has 0 bridgehead atoms. The Bertz CT molecular complexity index is 839. The van der Waals surface area contributed by atoms with Gasteiger partial charge < -0.3 is 15.0 Å². The van der Waals surface area contributed by atoms with Crippen molar-refractivity contribution in [1.82, 2.24) is 9.97 Å². The first-order chi connectivity index (χ1) is 12.3. The molecular formula is C18H22ClN3O3S. The molecule has 0 fully saturated rings. The van der Waals surface area contributed by atoms with Gasteiger partial charge in [-0.1, -0.05) is 29.4 Å². The zero-order valence-corrected chi connectivity index (χ0v) is 16.7. The average molecular weight is 396 g/mol. The summed E-state index contributed by atoms with van der Waals surface area (Å²) in [6.07, 6.45) is 0.0397. The van der Waals surface area contributed by atoms with E-state index in [0.717, 1.165) is 5.56 Å². The maximum Gasteiger partial charge on any atom is 0.251 e. The van der Waals surface area contributed by atoms with Gasteiger partial charge in [0, 0.05) is 16.8 Å². The summed E-state index contributed by atoms with van der Waals surface area (Å²) in [4.78, 5) is 31.2. The Morgan fingerprint density at radius 3 is 2.81 bits per heavy atom. The number of hydrogen-bond donors (Lipinski definition) is 2. The van der Waals surface area contributed by atoms with Crippen molar-refractivity contribution in [2.75, 3.05) is 5.32 Å². The number of ether oxygens (including phenoxy) is 1. The van der Waals surface area contributed by atoms with Crippen molar-refractivity contribution < 1.29 is 9.53 Å². The summed E-state index contributed by atoms with van der Waals surface area (Å²) in [5.41, 5.74) is 1.72. The maximum atomic E-state index is 12.4. The van der Waals surface area contributed by atoms with Crippen LogP contribution in [0.5, 0.6) is 0 Å². The molecule has 8 heteroatoms. The molecular weight excluding hydrogens is 374 g/mol. The third-order valence-corrected chi connectivity index (χ3v) is 4.91. The topological polar surface area (TPSA) is 84.1 Å². The van der Waals surface area contributed by atoms with Crippen LogP contribution < -0.4 is 10.9 Å². The number of nitrogens with zero attached hydrogens (tertiary/aromatic N) is 1. The van der Waals surface area contributed by atoms with Crippen LogP contribution in [0, 0.1) is 6.92 Å². The third kappa shape index (κ3) is 5.86. The summed E-state index contributed by atoms with van der Waals surface area (Å²) in [5.74, 6) is -0.202. The molecule has 1 aromatic carbocycles. The molecule has 1 aromatic heterocycles. The second-order valence-corrected chi connectivity index (χ2v) is 7.80. The molecule has 0 spiro atoms. The molecule has 0 saturated heterocycles. The molecule has 2 rings (SSSR count). The van der Waals surface area contributed by atoms with Gasteiger partial charge in [0.1, 0.15) is 0 Å². The quantitative estimate of drug-likeness (QED) is 0.550. The van der Waals surface area contributed by atoms with Crippen molar-refractivity contribution in [2.45, 2.75) is 50.8 Å². The van der Waals surface area contributed by atoms with E-state index >= 15 is 0 Å². The first kappa shape index (κ1) is 20.5. The maximum absolute atomic E-state index is 12.4. The number of hydrogen-bond acceptors (Lipinski definition) is 5. The Morgan fingerprint density at radius 1 is 1.38 bits per heavy atom. The van der Waals surface area contributed by atoms with Crippen molar-refractivity contribution in [3.8, 4) is 0 Å². The Morgan fingerprint density at radius 2 is 2.12 bits per heavy atom. The molecule has 1 unspecified atom stereocenters. The Labute approximate surface area is 161 Å². The molecule has 0 radical (unpaired) electrons. The minimum Gasteiger partial charge on any atom is -0.373 e. The van der Waals surface area contributed by atoms with Crippen LogP contribution in [0.4, 0.5) is 5.69 Å². The molecule has 1 amide bonds. The van der Waals surface area contributed by atoms with E-state index in [1.54, 1.807) is 25.1 Å². The van der Waals surface area contributed by atoms with Gasteiger partial charge in [0.05, 0.1) is 23.7 Å². The standard InChI is InChI=1S/C18H22ClN3O3S/c1-10(2)25-9-13-8-16(23)22-18(20-13)26-12(4)17(24)21-15-7-5-6-14(19)11(15)3/h5-8,10,12H,9H2,1-4H3,(H,21,24)(H,20,22,23). The van der Waals surface area contributed by atoms with Gasteiger partial charge in [-0.2, -0.15) is 0 Å². The zero-order chi connectivity index (χ0) is 19.3. The third-order valence-electron chi connectivity index (χ3n) is 3.52. The highest BCUT2D eigenvalue weighted by Gasteiger charge is 2.17. The van der Waals surface area contributed by atoms with E-state index in [-0.39, 0.29) is 24.2 Å². The van der Waals surface area contributed by atoms with Crippen LogP contribution in [-0.4, -0.2) is 27.2 Å². The second-order valence-electron chi connectivity index (χ2n) is 6.06. The van der Waals surface area contributed by atoms with Crippen LogP contribution in [-0.2, 0) is 16.1 Å². The Hall–Kier alpha value is -1.83. The lowest BCUT2D eigenvalue weighted by atomic mass is 10.2. The number of H-pyrrole nitrogens is 1. The van der Waals surface area contributed by atoms with Crippen LogP contribution in [0.1, 0.15) is 32.0 Å². The van der Waals surface area contributed by atoms with Crippen LogP contribution in [0.2, 0.25) is 5.02 Å². The van der Waals surface area contributed by atoms with Gasteiger partial charge in [0.25, 0.3) is 5.56 Å². The van der Waals surface area contributed by atoms with E-state index < -0.39 is 5.25 Å². The number of thioether (sulfide) groups is 1. The van der Waals surface area contributed by atoms with Gasteiger partial charge >= 0.3 is 0 Å². The van der Waals surface area contributed by atoms with Crippen molar-refractivity contribution in [3.05, 3.63) is 50.9 Å².